The number of rotatable bonds is 7. The summed E-state index contributed by atoms with van der Waals surface area (Å²) in [7, 11) is 0. The molecule has 4 heteroatoms. The molecule has 0 heterocycles. The molecule has 136 valence electrons. The average Bonchev–Trinajstić information content (AvgIpc) is 2.73. The Morgan fingerprint density at radius 3 is 1.59 bits per heavy atom. The van der Waals surface area contributed by atoms with Gasteiger partial charge in [0, 0.05) is 18.7 Å². The van der Waals surface area contributed by atoms with Crippen molar-refractivity contribution in [1.82, 2.24) is 4.90 Å². The van der Waals surface area contributed by atoms with Gasteiger partial charge in [0.2, 0.25) is 0 Å². The predicted octanol–water partition coefficient (Wildman–Crippen LogP) is 4.71. The monoisotopic (exact) mass is 359 g/mol. The summed E-state index contributed by atoms with van der Waals surface area (Å²) in [5, 5.41) is 0. The van der Waals surface area contributed by atoms with Crippen LogP contribution < -0.4 is 0 Å². The summed E-state index contributed by atoms with van der Waals surface area (Å²) in [5.74, 6) is -0.219. The summed E-state index contributed by atoms with van der Waals surface area (Å²) in [6, 6.07) is 28.2. The maximum absolute atomic E-state index is 12.6. The average molecular weight is 359 g/mol. The molecule has 0 aliphatic carbocycles. The van der Waals surface area contributed by atoms with Gasteiger partial charge in [-0.05, 0) is 11.1 Å². The number of benzene rings is 3. The molecule has 3 rings (SSSR count). The number of ether oxygens (including phenoxy) is 1. The van der Waals surface area contributed by atoms with E-state index in [9.17, 15) is 9.59 Å². The molecule has 0 N–H and O–H groups in total. The van der Waals surface area contributed by atoms with Crippen LogP contribution in [0.15, 0.2) is 91.0 Å². The van der Waals surface area contributed by atoms with E-state index in [2.05, 4.69) is 0 Å². The molecule has 0 saturated heterocycles. The summed E-state index contributed by atoms with van der Waals surface area (Å²) in [6.07, 6.45) is -0.507. The molecular weight excluding hydrogens is 338 g/mol. The van der Waals surface area contributed by atoms with E-state index < -0.39 is 6.09 Å². The van der Waals surface area contributed by atoms with Crippen molar-refractivity contribution >= 4 is 11.9 Å². The van der Waals surface area contributed by atoms with E-state index in [4.69, 9.17) is 4.74 Å². The molecule has 27 heavy (non-hydrogen) atoms. The topological polar surface area (TPSA) is 46.6 Å². The Kier molecular flexibility index (Phi) is 6.36. The summed E-state index contributed by atoms with van der Waals surface area (Å²) in [4.78, 5) is 26.4. The molecule has 0 radical (unpaired) electrons. The van der Waals surface area contributed by atoms with Crippen LogP contribution in [0.5, 0.6) is 0 Å². The predicted molar refractivity (Wildman–Crippen MR) is 104 cm³/mol. The first-order valence-corrected chi connectivity index (χ1v) is 8.80. The number of Topliss-reactive ketones (excluding diaryl/α,β-unsaturated/α-hetero) is 1. The quantitative estimate of drug-likeness (QED) is 0.574. The highest BCUT2D eigenvalue weighted by Crippen LogP contribution is 2.12. The lowest BCUT2D eigenvalue weighted by Crippen LogP contribution is -2.32. The molecule has 0 fully saturated rings. The van der Waals surface area contributed by atoms with Crippen molar-refractivity contribution in [1.29, 1.82) is 0 Å². The minimum absolute atomic E-state index is 0.219. The van der Waals surface area contributed by atoms with Crippen molar-refractivity contribution in [2.75, 3.05) is 6.61 Å². The molecule has 3 aromatic rings. The van der Waals surface area contributed by atoms with Gasteiger partial charge in [0.15, 0.2) is 12.4 Å². The number of hydrogen-bond donors (Lipinski definition) is 0. The minimum Gasteiger partial charge on any atom is -0.441 e. The molecule has 0 atom stereocenters. The van der Waals surface area contributed by atoms with Gasteiger partial charge in [-0.3, -0.25) is 9.69 Å². The highest BCUT2D eigenvalue weighted by Gasteiger charge is 2.18. The van der Waals surface area contributed by atoms with Crippen LogP contribution in [0.4, 0.5) is 4.79 Å². The lowest BCUT2D eigenvalue weighted by molar-refractivity contribution is 0.0733. The number of hydrogen-bond acceptors (Lipinski definition) is 3. The number of carbonyl (C=O) groups is 2. The van der Waals surface area contributed by atoms with Crippen LogP contribution in [-0.2, 0) is 17.8 Å². The number of amides is 1. The zero-order valence-electron chi connectivity index (χ0n) is 15.0. The van der Waals surface area contributed by atoms with Gasteiger partial charge in [-0.15, -0.1) is 0 Å². The van der Waals surface area contributed by atoms with E-state index in [0.29, 0.717) is 18.7 Å². The molecule has 0 aliphatic rings. The molecule has 0 bridgehead atoms. The molecule has 1 amide bonds. The molecule has 0 unspecified atom stereocenters. The zero-order valence-corrected chi connectivity index (χ0v) is 15.0. The van der Waals surface area contributed by atoms with Crippen molar-refractivity contribution in [3.05, 3.63) is 108 Å². The third kappa shape index (κ3) is 5.54. The van der Waals surface area contributed by atoms with Crippen molar-refractivity contribution in [2.24, 2.45) is 0 Å². The highest BCUT2D eigenvalue weighted by molar-refractivity contribution is 5.97. The normalized spacial score (nSPS) is 10.2. The van der Waals surface area contributed by atoms with Crippen LogP contribution in [-0.4, -0.2) is 23.4 Å². The second-order valence-corrected chi connectivity index (χ2v) is 6.17. The van der Waals surface area contributed by atoms with E-state index >= 15 is 0 Å². The Bertz CT molecular complexity index is 822. The van der Waals surface area contributed by atoms with E-state index in [1.165, 1.54) is 0 Å². The number of ketones is 1. The maximum atomic E-state index is 12.6. The SMILES string of the molecule is O=C(COC(=O)N(Cc1ccccc1)Cc1ccccc1)c1ccccc1. The number of carbonyl (C=O) groups excluding carboxylic acids is 2. The van der Waals surface area contributed by atoms with Gasteiger partial charge in [0.25, 0.3) is 0 Å². The molecule has 0 saturated carbocycles. The van der Waals surface area contributed by atoms with Crippen LogP contribution in [0.1, 0.15) is 21.5 Å². The van der Waals surface area contributed by atoms with Gasteiger partial charge >= 0.3 is 6.09 Å². The standard InChI is InChI=1S/C23H21NO3/c25-22(21-14-8-3-9-15-21)18-27-23(26)24(16-19-10-4-1-5-11-19)17-20-12-6-2-7-13-20/h1-15H,16-18H2. The second kappa shape index (κ2) is 9.34. The van der Waals surface area contributed by atoms with Gasteiger partial charge in [-0.1, -0.05) is 91.0 Å². The third-order valence-corrected chi connectivity index (χ3v) is 4.11. The van der Waals surface area contributed by atoms with Gasteiger partial charge in [0.1, 0.15) is 0 Å². The largest absolute Gasteiger partial charge is 0.441 e. The Morgan fingerprint density at radius 2 is 1.11 bits per heavy atom. The first-order chi connectivity index (χ1) is 13.2. The van der Waals surface area contributed by atoms with E-state index in [0.717, 1.165) is 11.1 Å². The fourth-order valence-electron chi connectivity index (χ4n) is 2.72. The molecular formula is C23H21NO3. The Labute approximate surface area is 159 Å². The molecule has 0 aromatic heterocycles. The molecule has 4 nitrogen and oxygen atoms in total. The Balaban J connectivity index is 1.67. The van der Waals surface area contributed by atoms with Crippen LogP contribution in [0.3, 0.4) is 0 Å². The lowest BCUT2D eigenvalue weighted by Gasteiger charge is -2.22. The first kappa shape index (κ1) is 18.4. The maximum Gasteiger partial charge on any atom is 0.410 e. The molecule has 3 aromatic carbocycles. The van der Waals surface area contributed by atoms with Gasteiger partial charge in [-0.25, -0.2) is 4.79 Å². The van der Waals surface area contributed by atoms with Gasteiger partial charge < -0.3 is 4.74 Å². The van der Waals surface area contributed by atoms with Crippen molar-refractivity contribution in [2.45, 2.75) is 13.1 Å². The van der Waals surface area contributed by atoms with Crippen molar-refractivity contribution < 1.29 is 14.3 Å². The summed E-state index contributed by atoms with van der Waals surface area (Å²) < 4.78 is 5.30. The minimum atomic E-state index is -0.507. The van der Waals surface area contributed by atoms with Gasteiger partial charge in [-0.2, -0.15) is 0 Å². The Hall–Kier alpha value is -3.40. The zero-order chi connectivity index (χ0) is 18.9. The fraction of sp³-hybridized carbons (Fsp3) is 0.130. The fourth-order valence-corrected chi connectivity index (χ4v) is 2.72. The van der Waals surface area contributed by atoms with Crippen molar-refractivity contribution in [3.63, 3.8) is 0 Å². The van der Waals surface area contributed by atoms with E-state index in [1.807, 2.05) is 66.7 Å². The molecule has 0 aliphatic heterocycles. The summed E-state index contributed by atoms with van der Waals surface area (Å²) in [5.41, 5.74) is 2.53. The lowest BCUT2D eigenvalue weighted by atomic mass is 10.1. The number of nitrogens with zero attached hydrogens (tertiary/aromatic N) is 1. The first-order valence-electron chi connectivity index (χ1n) is 8.80. The van der Waals surface area contributed by atoms with Crippen LogP contribution >= 0.6 is 0 Å². The summed E-state index contributed by atoms with van der Waals surface area (Å²) >= 11 is 0. The Morgan fingerprint density at radius 1 is 0.667 bits per heavy atom. The van der Waals surface area contributed by atoms with Crippen LogP contribution in [0, 0.1) is 0 Å². The van der Waals surface area contributed by atoms with Crippen LogP contribution in [0.25, 0.3) is 0 Å². The van der Waals surface area contributed by atoms with E-state index in [-0.39, 0.29) is 12.4 Å². The smallest absolute Gasteiger partial charge is 0.410 e. The summed E-state index contributed by atoms with van der Waals surface area (Å²) in [6.45, 7) is 0.547. The second-order valence-electron chi connectivity index (χ2n) is 6.17. The molecule has 0 spiro atoms. The van der Waals surface area contributed by atoms with Crippen molar-refractivity contribution in [3.8, 4) is 0 Å². The van der Waals surface area contributed by atoms with Crippen LogP contribution in [0.2, 0.25) is 0 Å². The third-order valence-electron chi connectivity index (χ3n) is 4.11. The van der Waals surface area contributed by atoms with Gasteiger partial charge in [0.05, 0.1) is 0 Å². The van der Waals surface area contributed by atoms with E-state index in [1.54, 1.807) is 29.2 Å². The highest BCUT2D eigenvalue weighted by atomic mass is 16.6.